The van der Waals surface area contributed by atoms with Gasteiger partial charge in [0.1, 0.15) is 6.10 Å². The lowest BCUT2D eigenvalue weighted by Crippen LogP contribution is -2.29. The van der Waals surface area contributed by atoms with E-state index in [1.54, 1.807) is 6.20 Å². The summed E-state index contributed by atoms with van der Waals surface area (Å²) in [6, 6.07) is 5.74. The Morgan fingerprint density at radius 2 is 2.24 bits per heavy atom. The van der Waals surface area contributed by atoms with E-state index in [-0.39, 0.29) is 11.6 Å². The Morgan fingerprint density at radius 1 is 1.36 bits per heavy atom. The Kier molecular flexibility index (Phi) is 4.07. The number of H-pyrrole nitrogens is 1. The Bertz CT molecular complexity index is 739. The highest BCUT2D eigenvalue weighted by atomic mass is 16.5. The third-order valence-electron chi connectivity index (χ3n) is 5.00. The SMILES string of the molecule is C=C(NC1(C)CC1)O[C@@H]1CC[C@H](c2cc(Nc3cccnn3)n[nH]2)C1. The zero-order valence-electron chi connectivity index (χ0n) is 14.5. The first kappa shape index (κ1) is 15.9. The Hall–Kier alpha value is -2.57. The second-order valence-electron chi connectivity index (χ2n) is 7.30. The number of nitrogens with one attached hydrogen (secondary N) is 3. The minimum absolute atomic E-state index is 0.208. The molecule has 2 aromatic heterocycles. The van der Waals surface area contributed by atoms with Crippen LogP contribution in [0.15, 0.2) is 36.9 Å². The minimum Gasteiger partial charge on any atom is -0.476 e. The first-order valence-electron chi connectivity index (χ1n) is 8.83. The summed E-state index contributed by atoms with van der Waals surface area (Å²) in [5.74, 6) is 2.58. The number of hydrogen-bond acceptors (Lipinski definition) is 6. The van der Waals surface area contributed by atoms with Crippen LogP contribution in [0.25, 0.3) is 0 Å². The van der Waals surface area contributed by atoms with Crippen molar-refractivity contribution < 1.29 is 4.74 Å². The highest BCUT2D eigenvalue weighted by molar-refractivity contribution is 5.51. The average Bonchev–Trinajstić information content (AvgIpc) is 3.00. The maximum atomic E-state index is 6.01. The Labute approximate surface area is 147 Å². The lowest BCUT2D eigenvalue weighted by molar-refractivity contribution is 0.102. The minimum atomic E-state index is 0.208. The molecule has 3 N–H and O–H groups in total. The second kappa shape index (κ2) is 6.38. The van der Waals surface area contributed by atoms with Gasteiger partial charge in [0.15, 0.2) is 17.5 Å². The number of rotatable bonds is 7. The van der Waals surface area contributed by atoms with E-state index in [0.717, 1.165) is 30.8 Å². The molecule has 132 valence electrons. The van der Waals surface area contributed by atoms with E-state index in [1.807, 2.05) is 18.2 Å². The molecule has 7 heteroatoms. The van der Waals surface area contributed by atoms with E-state index in [9.17, 15) is 0 Å². The first-order chi connectivity index (χ1) is 12.1. The van der Waals surface area contributed by atoms with Crippen molar-refractivity contribution in [2.24, 2.45) is 0 Å². The largest absolute Gasteiger partial charge is 0.476 e. The summed E-state index contributed by atoms with van der Waals surface area (Å²) in [4.78, 5) is 0. The molecule has 0 spiro atoms. The molecule has 2 saturated carbocycles. The van der Waals surface area contributed by atoms with Crippen molar-refractivity contribution in [3.63, 3.8) is 0 Å². The smallest absolute Gasteiger partial charge is 0.179 e. The average molecular weight is 340 g/mol. The van der Waals surface area contributed by atoms with Crippen molar-refractivity contribution in [1.29, 1.82) is 0 Å². The summed E-state index contributed by atoms with van der Waals surface area (Å²) < 4.78 is 6.01. The first-order valence-corrected chi connectivity index (χ1v) is 8.83. The summed E-state index contributed by atoms with van der Waals surface area (Å²) in [5, 5.41) is 21.9. The molecule has 25 heavy (non-hydrogen) atoms. The van der Waals surface area contributed by atoms with Crippen LogP contribution in [-0.2, 0) is 4.74 Å². The molecule has 2 heterocycles. The highest BCUT2D eigenvalue weighted by Gasteiger charge is 2.38. The van der Waals surface area contributed by atoms with E-state index >= 15 is 0 Å². The van der Waals surface area contributed by atoms with Crippen LogP contribution in [0, 0.1) is 0 Å². The highest BCUT2D eigenvalue weighted by Crippen LogP contribution is 2.38. The van der Waals surface area contributed by atoms with Crippen LogP contribution in [0.2, 0.25) is 0 Å². The molecule has 0 amide bonds. The van der Waals surface area contributed by atoms with Crippen LogP contribution in [-0.4, -0.2) is 32.0 Å². The summed E-state index contributed by atoms with van der Waals surface area (Å²) in [6.07, 6.45) is 7.34. The summed E-state index contributed by atoms with van der Waals surface area (Å²) in [7, 11) is 0. The van der Waals surface area contributed by atoms with Crippen LogP contribution in [0.3, 0.4) is 0 Å². The van der Waals surface area contributed by atoms with Gasteiger partial charge in [0.25, 0.3) is 0 Å². The van der Waals surface area contributed by atoms with Gasteiger partial charge in [0, 0.05) is 29.4 Å². The number of anilines is 2. The lowest BCUT2D eigenvalue weighted by Gasteiger charge is -2.20. The van der Waals surface area contributed by atoms with Crippen molar-refractivity contribution in [3.8, 4) is 0 Å². The maximum absolute atomic E-state index is 6.01. The number of aromatic amines is 1. The molecule has 0 aliphatic heterocycles. The number of nitrogens with zero attached hydrogens (tertiary/aromatic N) is 3. The van der Waals surface area contributed by atoms with Gasteiger partial charge in [0.2, 0.25) is 0 Å². The summed E-state index contributed by atoms with van der Waals surface area (Å²) >= 11 is 0. The van der Waals surface area contributed by atoms with Gasteiger partial charge in [-0.2, -0.15) is 10.2 Å². The van der Waals surface area contributed by atoms with Crippen LogP contribution in [0.4, 0.5) is 11.6 Å². The predicted molar refractivity (Wildman–Crippen MR) is 95.3 cm³/mol. The molecule has 0 bridgehead atoms. The van der Waals surface area contributed by atoms with Gasteiger partial charge < -0.3 is 15.4 Å². The molecular formula is C18H24N6O. The molecular weight excluding hydrogens is 316 g/mol. The van der Waals surface area contributed by atoms with Crippen LogP contribution < -0.4 is 10.6 Å². The standard InChI is InChI=1S/C18H24N6O/c1-12(21-18(2)7-8-18)25-14-6-5-13(10-14)15-11-17(24-22-15)20-16-4-3-9-19-23-16/h3-4,9,11,13-14,21H,1,5-8,10H2,2H3,(H2,20,22,23,24)/t13-,14+/m0/s1. The molecule has 2 aliphatic carbocycles. The van der Waals surface area contributed by atoms with Crippen molar-refractivity contribution in [3.05, 3.63) is 42.6 Å². The number of hydrogen-bond donors (Lipinski definition) is 3. The molecule has 0 radical (unpaired) electrons. The molecule has 2 atom stereocenters. The van der Waals surface area contributed by atoms with Crippen LogP contribution >= 0.6 is 0 Å². The fraction of sp³-hybridized carbons (Fsp3) is 0.500. The Morgan fingerprint density at radius 3 is 3.00 bits per heavy atom. The van der Waals surface area contributed by atoms with Gasteiger partial charge in [-0.25, -0.2) is 0 Å². The van der Waals surface area contributed by atoms with Crippen LogP contribution in [0.5, 0.6) is 0 Å². The molecule has 2 fully saturated rings. The summed E-state index contributed by atoms with van der Waals surface area (Å²) in [6.45, 7) is 6.22. The van der Waals surface area contributed by atoms with E-state index in [0.29, 0.717) is 17.6 Å². The molecule has 0 aromatic carbocycles. The van der Waals surface area contributed by atoms with Gasteiger partial charge in [0.05, 0.1) is 0 Å². The van der Waals surface area contributed by atoms with Crippen molar-refractivity contribution >= 4 is 11.6 Å². The zero-order valence-corrected chi connectivity index (χ0v) is 14.5. The fourth-order valence-electron chi connectivity index (χ4n) is 3.32. The van der Waals surface area contributed by atoms with Crippen molar-refractivity contribution in [2.75, 3.05) is 5.32 Å². The van der Waals surface area contributed by atoms with Gasteiger partial charge in [-0.15, -0.1) is 5.10 Å². The lowest BCUT2D eigenvalue weighted by atomic mass is 10.0. The maximum Gasteiger partial charge on any atom is 0.179 e. The van der Waals surface area contributed by atoms with Gasteiger partial charge >= 0.3 is 0 Å². The quantitative estimate of drug-likeness (QED) is 0.671. The topological polar surface area (TPSA) is 87.8 Å². The van der Waals surface area contributed by atoms with Gasteiger partial charge in [-0.3, -0.25) is 5.10 Å². The molecule has 2 aromatic rings. The van der Waals surface area contributed by atoms with Gasteiger partial charge in [-0.1, -0.05) is 0 Å². The number of ether oxygens (including phenoxy) is 1. The van der Waals surface area contributed by atoms with E-state index in [4.69, 9.17) is 4.74 Å². The zero-order chi connectivity index (χ0) is 17.3. The Balaban J connectivity index is 1.30. The molecule has 4 rings (SSSR count). The van der Waals surface area contributed by atoms with E-state index < -0.39 is 0 Å². The van der Waals surface area contributed by atoms with E-state index in [2.05, 4.69) is 44.5 Å². The molecule has 7 nitrogen and oxygen atoms in total. The number of aromatic nitrogens is 4. The van der Waals surface area contributed by atoms with Crippen molar-refractivity contribution in [1.82, 2.24) is 25.7 Å². The molecule has 0 unspecified atom stereocenters. The fourth-order valence-corrected chi connectivity index (χ4v) is 3.32. The molecule has 0 saturated heterocycles. The van der Waals surface area contributed by atoms with Crippen LogP contribution in [0.1, 0.15) is 50.6 Å². The second-order valence-corrected chi connectivity index (χ2v) is 7.30. The van der Waals surface area contributed by atoms with Crippen molar-refractivity contribution in [2.45, 2.75) is 56.6 Å². The van der Waals surface area contributed by atoms with E-state index in [1.165, 1.54) is 12.8 Å². The third-order valence-corrected chi connectivity index (χ3v) is 5.00. The normalized spacial score (nSPS) is 23.9. The summed E-state index contributed by atoms with van der Waals surface area (Å²) in [5.41, 5.74) is 1.34. The monoisotopic (exact) mass is 340 g/mol. The van der Waals surface area contributed by atoms with Gasteiger partial charge in [-0.05, 0) is 57.7 Å². The third kappa shape index (κ3) is 3.92. The predicted octanol–water partition coefficient (Wildman–Crippen LogP) is 3.21. The molecule has 2 aliphatic rings.